The largest absolute Gasteiger partial charge is 0.493 e. The molecular weight excluding hydrogens is 422 g/mol. The molecule has 0 radical (unpaired) electrons. The smallest absolute Gasteiger partial charge is 0.392 e. The first kappa shape index (κ1) is 24.9. The Morgan fingerprint density at radius 1 is 0.767 bits per heavy atom. The molecule has 2 rings (SSSR count). The minimum atomic E-state index is -4.26. The molecule has 0 aromatic heterocycles. The van der Waals surface area contributed by atoms with E-state index in [0.29, 0.717) is 11.4 Å². The minimum Gasteiger partial charge on any atom is -0.493 e. The Kier molecular flexibility index (Phi) is 9.21. The maximum absolute atomic E-state index is 11.8. The van der Waals surface area contributed by atoms with Crippen molar-refractivity contribution in [3.63, 3.8) is 0 Å². The van der Waals surface area contributed by atoms with Crippen LogP contribution < -0.4 is 15.2 Å². The molecule has 6 nitrogen and oxygen atoms in total. The third kappa shape index (κ3) is 11.6. The highest BCUT2D eigenvalue weighted by Crippen LogP contribution is 2.22. The number of halogens is 6. The van der Waals surface area contributed by atoms with Gasteiger partial charge in [0.15, 0.2) is 0 Å². The Morgan fingerprint density at radius 3 is 1.47 bits per heavy atom. The maximum Gasteiger partial charge on any atom is 0.392 e. The molecule has 0 amide bonds. The number of hydrogen-bond acceptors (Lipinski definition) is 5. The van der Waals surface area contributed by atoms with E-state index >= 15 is 0 Å². The van der Waals surface area contributed by atoms with Crippen LogP contribution in [0.2, 0.25) is 0 Å². The first-order valence-electron chi connectivity index (χ1n) is 8.35. The van der Waals surface area contributed by atoms with Crippen molar-refractivity contribution in [2.45, 2.75) is 25.2 Å². The van der Waals surface area contributed by atoms with Crippen molar-refractivity contribution < 1.29 is 40.7 Å². The summed E-state index contributed by atoms with van der Waals surface area (Å²) in [5.74, 6) is 0.568. The van der Waals surface area contributed by atoms with Crippen LogP contribution in [0.5, 0.6) is 11.5 Å². The molecule has 0 saturated heterocycles. The van der Waals surface area contributed by atoms with E-state index in [1.807, 2.05) is 0 Å². The van der Waals surface area contributed by atoms with Gasteiger partial charge in [0.1, 0.15) is 11.5 Å². The number of nitro groups is 1. The molecule has 30 heavy (non-hydrogen) atoms. The second-order valence-electron chi connectivity index (χ2n) is 5.75. The van der Waals surface area contributed by atoms with Crippen molar-refractivity contribution in [2.24, 2.45) is 0 Å². The van der Waals surface area contributed by atoms with Gasteiger partial charge in [0.25, 0.3) is 5.69 Å². The zero-order chi connectivity index (χ0) is 22.8. The minimum absolute atomic E-state index is 0.136. The molecule has 0 fully saturated rings. The number of nitrogens with zero attached hydrogens (tertiary/aromatic N) is 1. The van der Waals surface area contributed by atoms with Gasteiger partial charge in [-0.15, -0.1) is 0 Å². The number of nitro benzene ring substituents is 1. The van der Waals surface area contributed by atoms with Crippen molar-refractivity contribution in [2.75, 3.05) is 18.9 Å². The molecule has 0 bridgehead atoms. The lowest BCUT2D eigenvalue weighted by atomic mass is 10.3. The summed E-state index contributed by atoms with van der Waals surface area (Å²) in [6.45, 7) is -0.866. The number of nitrogen functional groups attached to an aromatic ring is 1. The van der Waals surface area contributed by atoms with Crippen LogP contribution in [0, 0.1) is 10.1 Å². The predicted molar refractivity (Wildman–Crippen MR) is 96.3 cm³/mol. The second-order valence-corrected chi connectivity index (χ2v) is 5.75. The SMILES string of the molecule is Nc1ccc(OCCC(F)(F)F)cc1.O=[N+]([O-])c1ccc(OCCC(F)(F)F)cc1. The van der Waals surface area contributed by atoms with Gasteiger partial charge in [0.05, 0.1) is 31.0 Å². The first-order valence-corrected chi connectivity index (χ1v) is 8.35. The van der Waals surface area contributed by atoms with Crippen LogP contribution in [-0.2, 0) is 0 Å². The molecule has 2 aromatic rings. The lowest BCUT2D eigenvalue weighted by Gasteiger charge is -2.08. The third-order valence-corrected chi connectivity index (χ3v) is 3.24. The average molecular weight is 440 g/mol. The van der Waals surface area contributed by atoms with Crippen LogP contribution in [0.3, 0.4) is 0 Å². The highest BCUT2D eigenvalue weighted by molar-refractivity contribution is 5.41. The van der Waals surface area contributed by atoms with Crippen molar-refractivity contribution in [1.29, 1.82) is 0 Å². The number of ether oxygens (including phenoxy) is 2. The number of hydrogen-bond donors (Lipinski definition) is 1. The number of anilines is 1. The molecule has 0 saturated carbocycles. The van der Waals surface area contributed by atoms with E-state index < -0.39 is 36.7 Å². The van der Waals surface area contributed by atoms with Gasteiger partial charge in [-0.3, -0.25) is 10.1 Å². The van der Waals surface area contributed by atoms with Crippen LogP contribution >= 0.6 is 0 Å². The number of alkyl halides is 6. The fraction of sp³-hybridized carbons (Fsp3) is 0.333. The average Bonchev–Trinajstić information content (AvgIpc) is 2.62. The van der Waals surface area contributed by atoms with Gasteiger partial charge in [-0.25, -0.2) is 0 Å². The van der Waals surface area contributed by atoms with Crippen LogP contribution in [0.15, 0.2) is 48.5 Å². The van der Waals surface area contributed by atoms with Crippen molar-refractivity contribution in [3.8, 4) is 11.5 Å². The van der Waals surface area contributed by atoms with E-state index in [4.69, 9.17) is 15.2 Å². The third-order valence-electron chi connectivity index (χ3n) is 3.24. The summed E-state index contributed by atoms with van der Waals surface area (Å²) in [6.07, 6.45) is -10.4. The van der Waals surface area contributed by atoms with E-state index in [1.165, 1.54) is 36.4 Å². The Bertz CT molecular complexity index is 777. The summed E-state index contributed by atoms with van der Waals surface area (Å²) in [5.41, 5.74) is 5.80. The van der Waals surface area contributed by atoms with E-state index in [1.54, 1.807) is 12.1 Å². The van der Waals surface area contributed by atoms with E-state index in [9.17, 15) is 36.5 Å². The molecule has 166 valence electrons. The van der Waals surface area contributed by atoms with Gasteiger partial charge < -0.3 is 15.2 Å². The highest BCUT2D eigenvalue weighted by Gasteiger charge is 2.27. The normalized spacial score (nSPS) is 11.3. The zero-order valence-corrected chi connectivity index (χ0v) is 15.4. The summed E-state index contributed by atoms with van der Waals surface area (Å²) in [7, 11) is 0. The van der Waals surface area contributed by atoms with Crippen molar-refractivity contribution >= 4 is 11.4 Å². The van der Waals surface area contributed by atoms with Gasteiger partial charge in [-0.05, 0) is 36.4 Å². The summed E-state index contributed by atoms with van der Waals surface area (Å²) < 4.78 is 80.1. The van der Waals surface area contributed by atoms with Crippen LogP contribution in [0.1, 0.15) is 12.8 Å². The number of rotatable bonds is 7. The number of nitrogens with two attached hydrogens (primary N) is 1. The lowest BCUT2D eigenvalue weighted by molar-refractivity contribution is -0.384. The molecule has 0 unspecified atom stereocenters. The Morgan fingerprint density at radius 2 is 1.13 bits per heavy atom. The van der Waals surface area contributed by atoms with Gasteiger partial charge in [-0.1, -0.05) is 0 Å². The molecule has 12 heteroatoms. The van der Waals surface area contributed by atoms with E-state index in [2.05, 4.69) is 0 Å². The monoisotopic (exact) mass is 440 g/mol. The molecular formula is C18H18F6N2O4. The van der Waals surface area contributed by atoms with E-state index in [-0.39, 0.29) is 18.0 Å². The number of non-ortho nitro benzene ring substituents is 1. The van der Waals surface area contributed by atoms with Crippen LogP contribution in [0.4, 0.5) is 37.7 Å². The van der Waals surface area contributed by atoms with Crippen molar-refractivity contribution in [1.82, 2.24) is 0 Å². The van der Waals surface area contributed by atoms with Gasteiger partial charge in [-0.2, -0.15) is 26.3 Å². The summed E-state index contributed by atoms with van der Waals surface area (Å²) in [5, 5.41) is 10.3. The fourth-order valence-electron chi connectivity index (χ4n) is 1.80. The molecule has 0 heterocycles. The van der Waals surface area contributed by atoms with Crippen LogP contribution in [-0.4, -0.2) is 30.5 Å². The van der Waals surface area contributed by atoms with Gasteiger partial charge >= 0.3 is 12.4 Å². The molecule has 0 atom stereocenters. The molecule has 2 aromatic carbocycles. The standard InChI is InChI=1S/C9H8F3NO3.C9H10F3NO/c10-9(11,12)5-6-16-8-3-1-7(2-4-8)13(14)15;10-9(11,12)5-6-14-8-3-1-7(13)2-4-8/h1-4H,5-6H2;1-4H,5-6,13H2. The molecule has 0 aliphatic rings. The Labute approximate surface area is 167 Å². The quantitative estimate of drug-likeness (QED) is 0.265. The summed E-state index contributed by atoms with van der Waals surface area (Å²) >= 11 is 0. The Balaban J connectivity index is 0.000000303. The van der Waals surface area contributed by atoms with E-state index in [0.717, 1.165) is 0 Å². The number of benzene rings is 2. The van der Waals surface area contributed by atoms with Crippen molar-refractivity contribution in [3.05, 3.63) is 58.6 Å². The predicted octanol–water partition coefficient (Wildman–Crippen LogP) is 5.53. The molecule has 0 aliphatic heterocycles. The Hall–Kier alpha value is -3.18. The highest BCUT2D eigenvalue weighted by atomic mass is 19.4. The topological polar surface area (TPSA) is 87.6 Å². The maximum atomic E-state index is 11.8. The first-order chi connectivity index (χ1) is 13.9. The fourth-order valence-corrected chi connectivity index (χ4v) is 1.80. The summed E-state index contributed by atoms with van der Waals surface area (Å²) in [6, 6.07) is 11.1. The van der Waals surface area contributed by atoms with Gasteiger partial charge in [0, 0.05) is 17.8 Å². The van der Waals surface area contributed by atoms with Gasteiger partial charge in [0.2, 0.25) is 0 Å². The molecule has 2 N–H and O–H groups in total. The summed E-state index contributed by atoms with van der Waals surface area (Å²) in [4.78, 5) is 9.68. The lowest BCUT2D eigenvalue weighted by Crippen LogP contribution is -2.12. The second kappa shape index (κ2) is 11.1. The molecule has 0 aliphatic carbocycles. The molecule has 0 spiro atoms. The zero-order valence-electron chi connectivity index (χ0n) is 15.4. The van der Waals surface area contributed by atoms with Crippen LogP contribution in [0.25, 0.3) is 0 Å².